The van der Waals surface area contributed by atoms with Gasteiger partial charge in [-0.1, -0.05) is 0 Å². The maximum Gasteiger partial charge on any atom is 0.0891 e. The Morgan fingerprint density at radius 3 is 2.78 bits per heavy atom. The first kappa shape index (κ1) is 5.30. The highest BCUT2D eigenvalue weighted by Crippen LogP contribution is 2.44. The largest absolute Gasteiger partial charge is 0.390 e. The smallest absolute Gasteiger partial charge is 0.0891 e. The number of nitrogens with two attached hydrogens (primary N) is 1. The standard InChI is InChI=1S/C7H9NS/c8-7-6(3-4-9-7)5-1-2-5/h3-5H,1-2,8H2. The molecule has 1 aliphatic carbocycles. The van der Waals surface area contributed by atoms with Crippen LogP contribution in [-0.4, -0.2) is 0 Å². The Morgan fingerprint density at radius 1 is 1.56 bits per heavy atom. The van der Waals surface area contributed by atoms with E-state index in [-0.39, 0.29) is 0 Å². The molecule has 0 aromatic carbocycles. The van der Waals surface area contributed by atoms with Crippen molar-refractivity contribution in [1.82, 2.24) is 0 Å². The molecule has 1 aliphatic rings. The molecule has 2 N–H and O–H groups in total. The Morgan fingerprint density at radius 2 is 2.33 bits per heavy atom. The number of rotatable bonds is 1. The Bertz CT molecular complexity index is 212. The van der Waals surface area contributed by atoms with Crippen molar-refractivity contribution in [2.24, 2.45) is 0 Å². The third-order valence-corrected chi connectivity index (χ3v) is 2.51. The van der Waals surface area contributed by atoms with Gasteiger partial charge < -0.3 is 5.73 Å². The average molecular weight is 139 g/mol. The lowest BCUT2D eigenvalue weighted by Gasteiger charge is -1.90. The minimum absolute atomic E-state index is 0.816. The van der Waals surface area contributed by atoms with Crippen LogP contribution in [0.4, 0.5) is 5.00 Å². The normalized spacial score (nSPS) is 18.2. The summed E-state index contributed by atoms with van der Waals surface area (Å²) in [6.45, 7) is 0. The minimum atomic E-state index is 0.816. The average Bonchev–Trinajstić information content (AvgIpc) is 2.58. The summed E-state index contributed by atoms with van der Waals surface area (Å²) >= 11 is 1.65. The predicted molar refractivity (Wildman–Crippen MR) is 40.7 cm³/mol. The fourth-order valence-electron chi connectivity index (χ4n) is 1.06. The molecule has 0 spiro atoms. The van der Waals surface area contributed by atoms with Crippen molar-refractivity contribution in [1.29, 1.82) is 0 Å². The second kappa shape index (κ2) is 1.74. The molecule has 0 radical (unpaired) electrons. The molecule has 1 aromatic rings. The van der Waals surface area contributed by atoms with Gasteiger partial charge in [-0.2, -0.15) is 0 Å². The number of hydrogen-bond donors (Lipinski definition) is 1. The van der Waals surface area contributed by atoms with E-state index in [1.54, 1.807) is 11.3 Å². The van der Waals surface area contributed by atoms with Gasteiger partial charge in [0.2, 0.25) is 0 Å². The van der Waals surface area contributed by atoms with Crippen LogP contribution in [0.2, 0.25) is 0 Å². The second-order valence-electron chi connectivity index (χ2n) is 2.51. The van der Waals surface area contributed by atoms with Gasteiger partial charge in [0.25, 0.3) is 0 Å². The zero-order valence-corrected chi connectivity index (χ0v) is 5.95. The molecule has 48 valence electrons. The van der Waals surface area contributed by atoms with E-state index in [0.717, 1.165) is 10.9 Å². The number of thiophene rings is 1. The van der Waals surface area contributed by atoms with Crippen molar-refractivity contribution in [2.75, 3.05) is 5.73 Å². The van der Waals surface area contributed by atoms with E-state index >= 15 is 0 Å². The zero-order chi connectivity index (χ0) is 6.27. The first-order valence-electron chi connectivity index (χ1n) is 3.21. The van der Waals surface area contributed by atoms with Gasteiger partial charge in [0.1, 0.15) is 0 Å². The van der Waals surface area contributed by atoms with Crippen LogP contribution >= 0.6 is 11.3 Å². The summed E-state index contributed by atoms with van der Waals surface area (Å²) in [7, 11) is 0. The predicted octanol–water partition coefficient (Wildman–Crippen LogP) is 2.21. The molecule has 0 saturated heterocycles. The Balaban J connectivity index is 2.35. The number of anilines is 1. The molecular weight excluding hydrogens is 130 g/mol. The van der Waals surface area contributed by atoms with E-state index < -0.39 is 0 Å². The molecule has 1 saturated carbocycles. The van der Waals surface area contributed by atoms with Crippen molar-refractivity contribution < 1.29 is 0 Å². The lowest BCUT2D eigenvalue weighted by atomic mass is 10.2. The van der Waals surface area contributed by atoms with Crippen LogP contribution in [0.25, 0.3) is 0 Å². The summed E-state index contributed by atoms with van der Waals surface area (Å²) in [5, 5.41) is 3.10. The molecule has 0 bridgehead atoms. The zero-order valence-electron chi connectivity index (χ0n) is 5.13. The van der Waals surface area contributed by atoms with Crippen molar-refractivity contribution in [3.8, 4) is 0 Å². The van der Waals surface area contributed by atoms with E-state index in [1.165, 1.54) is 18.4 Å². The van der Waals surface area contributed by atoms with Gasteiger partial charge in [0, 0.05) is 0 Å². The van der Waals surface area contributed by atoms with Crippen molar-refractivity contribution in [3.63, 3.8) is 0 Å². The molecule has 0 aliphatic heterocycles. The molecule has 0 unspecified atom stereocenters. The summed E-state index contributed by atoms with van der Waals surface area (Å²) in [5.41, 5.74) is 7.09. The van der Waals surface area contributed by atoms with E-state index in [0.29, 0.717) is 0 Å². The van der Waals surface area contributed by atoms with Crippen LogP contribution in [-0.2, 0) is 0 Å². The van der Waals surface area contributed by atoms with Crippen molar-refractivity contribution in [3.05, 3.63) is 17.0 Å². The lowest BCUT2D eigenvalue weighted by Crippen LogP contribution is -1.83. The van der Waals surface area contributed by atoms with Crippen LogP contribution in [0.15, 0.2) is 11.4 Å². The number of hydrogen-bond acceptors (Lipinski definition) is 2. The quantitative estimate of drug-likeness (QED) is 0.634. The Kier molecular flexibility index (Phi) is 1.02. The molecule has 2 heteroatoms. The second-order valence-corrected chi connectivity index (χ2v) is 3.46. The van der Waals surface area contributed by atoms with Crippen LogP contribution in [0.3, 0.4) is 0 Å². The summed E-state index contributed by atoms with van der Waals surface area (Å²) in [5.74, 6) is 0.816. The molecular formula is C7H9NS. The maximum absolute atomic E-state index is 5.70. The SMILES string of the molecule is Nc1sccc1C1CC1. The van der Waals surface area contributed by atoms with Gasteiger partial charge in [-0.25, -0.2) is 0 Å². The van der Waals surface area contributed by atoms with Gasteiger partial charge >= 0.3 is 0 Å². The summed E-state index contributed by atoms with van der Waals surface area (Å²) in [6.07, 6.45) is 2.70. The van der Waals surface area contributed by atoms with Gasteiger partial charge in [-0.3, -0.25) is 0 Å². The highest BCUT2D eigenvalue weighted by molar-refractivity contribution is 7.14. The van der Waals surface area contributed by atoms with Gasteiger partial charge in [-0.15, -0.1) is 11.3 Å². The van der Waals surface area contributed by atoms with Crippen LogP contribution in [0.1, 0.15) is 24.3 Å². The molecule has 1 heterocycles. The Hall–Kier alpha value is -0.500. The third kappa shape index (κ3) is 0.833. The Labute approximate surface area is 58.5 Å². The summed E-state index contributed by atoms with van der Waals surface area (Å²) < 4.78 is 0. The van der Waals surface area contributed by atoms with E-state index in [1.807, 2.05) is 0 Å². The minimum Gasteiger partial charge on any atom is -0.390 e. The van der Waals surface area contributed by atoms with Gasteiger partial charge in [0.15, 0.2) is 0 Å². The molecule has 0 atom stereocenters. The summed E-state index contributed by atoms with van der Waals surface area (Å²) in [6, 6.07) is 2.15. The van der Waals surface area contributed by atoms with E-state index in [2.05, 4.69) is 11.4 Å². The van der Waals surface area contributed by atoms with Gasteiger partial charge in [0.05, 0.1) is 5.00 Å². The molecule has 9 heavy (non-hydrogen) atoms. The molecule has 0 amide bonds. The monoisotopic (exact) mass is 139 g/mol. The van der Waals surface area contributed by atoms with Crippen molar-refractivity contribution >= 4 is 16.3 Å². The number of nitrogen functional groups attached to an aromatic ring is 1. The lowest BCUT2D eigenvalue weighted by molar-refractivity contribution is 1.15. The van der Waals surface area contributed by atoms with Crippen LogP contribution in [0, 0.1) is 0 Å². The fourth-order valence-corrected chi connectivity index (χ4v) is 1.79. The molecule has 1 aromatic heterocycles. The summed E-state index contributed by atoms with van der Waals surface area (Å²) in [4.78, 5) is 0. The molecule has 1 nitrogen and oxygen atoms in total. The van der Waals surface area contributed by atoms with E-state index in [4.69, 9.17) is 5.73 Å². The third-order valence-electron chi connectivity index (χ3n) is 1.74. The maximum atomic E-state index is 5.70. The molecule has 1 fully saturated rings. The van der Waals surface area contributed by atoms with Gasteiger partial charge in [-0.05, 0) is 35.8 Å². The molecule has 2 rings (SSSR count). The highest BCUT2D eigenvalue weighted by Gasteiger charge is 2.25. The van der Waals surface area contributed by atoms with Crippen LogP contribution in [0.5, 0.6) is 0 Å². The van der Waals surface area contributed by atoms with Crippen molar-refractivity contribution in [2.45, 2.75) is 18.8 Å². The first-order chi connectivity index (χ1) is 4.38. The highest BCUT2D eigenvalue weighted by atomic mass is 32.1. The van der Waals surface area contributed by atoms with Crippen LogP contribution < -0.4 is 5.73 Å². The first-order valence-corrected chi connectivity index (χ1v) is 4.09. The topological polar surface area (TPSA) is 26.0 Å². The fraction of sp³-hybridized carbons (Fsp3) is 0.429. The van der Waals surface area contributed by atoms with E-state index in [9.17, 15) is 0 Å².